The lowest BCUT2D eigenvalue weighted by Crippen LogP contribution is -2.34. The predicted octanol–water partition coefficient (Wildman–Crippen LogP) is 6.76. The smallest absolute Gasteiger partial charge is 0.341 e. The Morgan fingerprint density at radius 1 is 0.962 bits per heavy atom. The molecule has 3 N–H and O–H groups in total. The van der Waals surface area contributed by atoms with Crippen LogP contribution in [-0.2, 0) is 32.1 Å². The van der Waals surface area contributed by atoms with Gasteiger partial charge in [-0.2, -0.15) is 0 Å². The van der Waals surface area contributed by atoms with Crippen molar-refractivity contribution < 1.29 is 33.4 Å². The van der Waals surface area contributed by atoms with Crippen LogP contribution in [0, 0.1) is 0 Å². The summed E-state index contributed by atoms with van der Waals surface area (Å²) < 4.78 is 10.6. The highest BCUT2D eigenvalue weighted by atomic mass is 32.2. The highest BCUT2D eigenvalue weighted by Crippen LogP contribution is 2.39. The minimum absolute atomic E-state index is 0.0327. The summed E-state index contributed by atoms with van der Waals surface area (Å²) in [7, 11) is 1.56. The van der Waals surface area contributed by atoms with Crippen molar-refractivity contribution in [3.63, 3.8) is 0 Å². The number of ether oxygens (including phenoxy) is 2. The van der Waals surface area contributed by atoms with Crippen molar-refractivity contribution in [3.05, 3.63) is 112 Å². The number of nitrogens with zero attached hydrogens (tertiary/aromatic N) is 1. The minimum atomic E-state index is -0.538. The standard InChI is InChI=1S/C39H40N4O7S2/c1-5-32(37(47)42-38-34(39(48)50-6-2)30-19-20-43(24(3)44)23-33(30)52-38)51-29-14-10-13-27(22-29)40-36(46)31(21-25-15-17-28(49-4)18-16-25)41-35(45)26-11-8-7-9-12-26/h7-18,21-22,32H,5-6,19-20,23H2,1-4H3,(H,40,46)(H,41,45)(H,42,47)/b31-21+. The Morgan fingerprint density at radius 2 is 1.71 bits per heavy atom. The van der Waals surface area contributed by atoms with E-state index in [1.807, 2.05) is 13.0 Å². The van der Waals surface area contributed by atoms with Crippen LogP contribution >= 0.6 is 23.1 Å². The van der Waals surface area contributed by atoms with Crippen LogP contribution in [0.1, 0.15) is 63.9 Å². The molecule has 270 valence electrons. The number of methoxy groups -OCH3 is 1. The van der Waals surface area contributed by atoms with Crippen molar-refractivity contribution >= 4 is 69.5 Å². The fraction of sp³-hybridized carbons (Fsp3) is 0.256. The first-order valence-corrected chi connectivity index (χ1v) is 18.5. The Labute approximate surface area is 310 Å². The number of nitrogens with one attached hydrogen (secondary N) is 3. The summed E-state index contributed by atoms with van der Waals surface area (Å²) in [4.78, 5) is 68.8. The van der Waals surface area contributed by atoms with E-state index in [0.717, 1.165) is 15.3 Å². The molecule has 1 atom stereocenters. The zero-order chi connectivity index (χ0) is 37.2. The Balaban J connectivity index is 1.32. The van der Waals surface area contributed by atoms with Crippen LogP contribution in [0.5, 0.6) is 5.75 Å². The third kappa shape index (κ3) is 9.47. The third-order valence-corrected chi connectivity index (χ3v) is 10.7. The summed E-state index contributed by atoms with van der Waals surface area (Å²) in [6.45, 7) is 6.18. The van der Waals surface area contributed by atoms with Gasteiger partial charge < -0.3 is 30.3 Å². The van der Waals surface area contributed by atoms with E-state index in [1.54, 1.807) is 97.8 Å². The number of esters is 1. The van der Waals surface area contributed by atoms with Crippen molar-refractivity contribution in [2.45, 2.75) is 50.3 Å². The number of rotatable bonds is 13. The van der Waals surface area contributed by atoms with Gasteiger partial charge in [-0.05, 0) is 79.4 Å². The molecule has 1 aliphatic heterocycles. The molecule has 1 aromatic heterocycles. The molecule has 1 aliphatic rings. The van der Waals surface area contributed by atoms with Crippen molar-refractivity contribution in [3.8, 4) is 5.75 Å². The van der Waals surface area contributed by atoms with Gasteiger partial charge in [0.1, 0.15) is 16.4 Å². The fourth-order valence-corrected chi connectivity index (χ4v) is 7.78. The molecule has 0 fully saturated rings. The lowest BCUT2D eigenvalue weighted by molar-refractivity contribution is -0.129. The summed E-state index contributed by atoms with van der Waals surface area (Å²) in [6.07, 6.45) is 2.55. The zero-order valence-corrected chi connectivity index (χ0v) is 31.0. The monoisotopic (exact) mass is 740 g/mol. The van der Waals surface area contributed by atoms with E-state index in [4.69, 9.17) is 9.47 Å². The lowest BCUT2D eigenvalue weighted by atomic mass is 10.0. The van der Waals surface area contributed by atoms with Gasteiger partial charge in [0.15, 0.2) is 0 Å². The van der Waals surface area contributed by atoms with Crippen LogP contribution in [0.3, 0.4) is 0 Å². The van der Waals surface area contributed by atoms with E-state index in [9.17, 15) is 24.0 Å². The molecule has 0 spiro atoms. The maximum absolute atomic E-state index is 13.7. The summed E-state index contributed by atoms with van der Waals surface area (Å²) in [5.74, 6) is -1.17. The zero-order valence-electron chi connectivity index (χ0n) is 29.3. The summed E-state index contributed by atoms with van der Waals surface area (Å²) in [6, 6.07) is 22.7. The Morgan fingerprint density at radius 3 is 2.38 bits per heavy atom. The molecule has 0 aliphatic carbocycles. The molecule has 0 radical (unpaired) electrons. The second kappa shape index (κ2) is 17.7. The largest absolute Gasteiger partial charge is 0.497 e. The van der Waals surface area contributed by atoms with E-state index in [1.165, 1.54) is 30.0 Å². The van der Waals surface area contributed by atoms with Crippen LogP contribution in [0.4, 0.5) is 10.7 Å². The quantitative estimate of drug-likeness (QED) is 0.0776. The van der Waals surface area contributed by atoms with Crippen molar-refractivity contribution in [1.29, 1.82) is 0 Å². The molecule has 5 rings (SSSR count). The first-order chi connectivity index (χ1) is 25.1. The van der Waals surface area contributed by atoms with Crippen molar-refractivity contribution in [2.75, 3.05) is 30.9 Å². The van der Waals surface area contributed by atoms with Crippen molar-refractivity contribution in [2.24, 2.45) is 0 Å². The number of benzene rings is 3. The molecule has 3 aromatic carbocycles. The van der Waals surface area contributed by atoms with Crippen LogP contribution in [0.2, 0.25) is 0 Å². The molecule has 0 saturated heterocycles. The van der Waals surface area contributed by atoms with Crippen LogP contribution in [0.15, 0.2) is 89.5 Å². The summed E-state index contributed by atoms with van der Waals surface area (Å²) in [5, 5.41) is 8.46. The summed E-state index contributed by atoms with van der Waals surface area (Å²) >= 11 is 2.61. The van der Waals surface area contributed by atoms with Gasteiger partial charge in [0.2, 0.25) is 11.8 Å². The highest BCUT2D eigenvalue weighted by Gasteiger charge is 2.31. The van der Waals surface area contributed by atoms with E-state index in [2.05, 4.69) is 16.0 Å². The second-order valence-corrected chi connectivity index (χ2v) is 14.1. The predicted molar refractivity (Wildman–Crippen MR) is 204 cm³/mol. The van der Waals surface area contributed by atoms with Gasteiger partial charge in [-0.15, -0.1) is 23.1 Å². The molecule has 2 heterocycles. The average Bonchev–Trinajstić information content (AvgIpc) is 3.51. The number of hydrogen-bond donors (Lipinski definition) is 3. The molecular formula is C39H40N4O7S2. The number of thioether (sulfide) groups is 1. The van der Waals surface area contributed by atoms with Crippen LogP contribution in [0.25, 0.3) is 6.08 Å². The fourth-order valence-electron chi connectivity index (χ4n) is 5.51. The van der Waals surface area contributed by atoms with E-state index in [0.29, 0.717) is 59.1 Å². The molecule has 0 bridgehead atoms. The highest BCUT2D eigenvalue weighted by molar-refractivity contribution is 8.00. The minimum Gasteiger partial charge on any atom is -0.497 e. The Bertz CT molecular complexity index is 1980. The van der Waals surface area contributed by atoms with E-state index < -0.39 is 23.0 Å². The lowest BCUT2D eigenvalue weighted by Gasteiger charge is -2.25. The van der Waals surface area contributed by atoms with Gasteiger partial charge in [-0.25, -0.2) is 4.79 Å². The number of carbonyl (C=O) groups excluding carboxylic acids is 5. The molecule has 1 unspecified atom stereocenters. The molecule has 0 saturated carbocycles. The van der Waals surface area contributed by atoms with Gasteiger partial charge in [0.05, 0.1) is 31.1 Å². The number of fused-ring (bicyclic) bond motifs is 1. The Kier molecular flexibility index (Phi) is 12.9. The molecule has 4 amide bonds. The molecular weight excluding hydrogens is 701 g/mol. The van der Waals surface area contributed by atoms with Gasteiger partial charge in [-0.3, -0.25) is 19.2 Å². The van der Waals surface area contributed by atoms with Crippen molar-refractivity contribution in [1.82, 2.24) is 10.2 Å². The molecule has 52 heavy (non-hydrogen) atoms. The van der Waals surface area contributed by atoms with Gasteiger partial charge >= 0.3 is 5.97 Å². The third-order valence-electron chi connectivity index (χ3n) is 8.21. The van der Waals surface area contributed by atoms with Gasteiger partial charge in [-0.1, -0.05) is 43.3 Å². The first kappa shape index (κ1) is 37.8. The van der Waals surface area contributed by atoms with Crippen LogP contribution in [-0.4, -0.2) is 60.0 Å². The first-order valence-electron chi connectivity index (χ1n) is 16.8. The number of carbonyl (C=O) groups is 5. The molecule has 13 heteroatoms. The SMILES string of the molecule is CCOC(=O)c1c(NC(=O)C(CC)Sc2cccc(NC(=O)/C(=C\c3ccc(OC)cc3)NC(=O)c3ccccc3)c2)sc2c1CCN(C(C)=O)C2. The van der Waals surface area contributed by atoms with Crippen LogP contribution < -0.4 is 20.7 Å². The summed E-state index contributed by atoms with van der Waals surface area (Å²) in [5.41, 5.74) is 2.72. The second-order valence-electron chi connectivity index (χ2n) is 11.8. The number of thiophene rings is 1. The topological polar surface area (TPSA) is 143 Å². The van der Waals surface area contributed by atoms with Gasteiger partial charge in [0.25, 0.3) is 11.8 Å². The number of anilines is 2. The number of amides is 4. The Hall–Kier alpha value is -5.40. The number of hydrogen-bond acceptors (Lipinski definition) is 9. The maximum atomic E-state index is 13.7. The maximum Gasteiger partial charge on any atom is 0.341 e. The molecule has 11 nitrogen and oxygen atoms in total. The van der Waals surface area contributed by atoms with E-state index >= 15 is 0 Å². The van der Waals surface area contributed by atoms with Gasteiger partial charge in [0, 0.05) is 34.5 Å². The van der Waals surface area contributed by atoms with E-state index in [-0.39, 0.29) is 24.1 Å². The normalized spacial score (nSPS) is 13.0. The molecule has 4 aromatic rings. The average molecular weight is 741 g/mol.